The van der Waals surface area contributed by atoms with Gasteiger partial charge in [0.2, 0.25) is 0 Å². The summed E-state index contributed by atoms with van der Waals surface area (Å²) in [6.07, 6.45) is 1.84. The van der Waals surface area contributed by atoms with Crippen LogP contribution in [0.1, 0.15) is 37.8 Å². The number of aryl methyl sites for hydroxylation is 4. The van der Waals surface area contributed by atoms with Crippen molar-refractivity contribution in [3.05, 3.63) is 163 Å². The molecule has 0 radical (unpaired) electrons. The average Bonchev–Trinajstić information content (AvgIpc) is 3.75. The lowest BCUT2D eigenvalue weighted by molar-refractivity contribution is 0.478. The van der Waals surface area contributed by atoms with Crippen LogP contribution in [-0.2, 0) is 13.1 Å². The van der Waals surface area contributed by atoms with Crippen LogP contribution in [0.4, 0.5) is 0 Å². The van der Waals surface area contributed by atoms with Crippen LogP contribution in [0.5, 0.6) is 11.5 Å². The second-order valence-electron chi connectivity index (χ2n) is 15.3. The maximum atomic E-state index is 12.3. The van der Waals surface area contributed by atoms with E-state index in [1.807, 2.05) is 60.7 Å². The number of hydrogen-bond donors (Lipinski definition) is 2. The van der Waals surface area contributed by atoms with Gasteiger partial charge in [0.25, 0.3) is 0 Å². The molecule has 0 spiro atoms. The van der Waals surface area contributed by atoms with E-state index < -0.39 is 0 Å². The zero-order valence-corrected chi connectivity index (χ0v) is 33.5. The molecule has 5 heteroatoms. The van der Waals surface area contributed by atoms with Crippen LogP contribution in [0.15, 0.2) is 152 Å². The monoisotopic (exact) mass is 757 g/mol. The third kappa shape index (κ3) is 6.24. The first-order chi connectivity index (χ1) is 28.4. The predicted molar refractivity (Wildman–Crippen MR) is 241 cm³/mol. The summed E-state index contributed by atoms with van der Waals surface area (Å²) in [7, 11) is 0. The molecule has 3 heterocycles. The fraction of sp³-hybridized carbons (Fsp3) is 0.151. The Labute approximate surface area is 340 Å². The Bertz CT molecular complexity index is 2760. The van der Waals surface area contributed by atoms with E-state index in [-0.39, 0.29) is 11.5 Å². The molecule has 0 aliphatic carbocycles. The molecular weight excluding hydrogens is 711 g/mol. The van der Waals surface area contributed by atoms with E-state index in [2.05, 4.69) is 128 Å². The fourth-order valence-corrected chi connectivity index (χ4v) is 8.90. The Morgan fingerprint density at radius 3 is 1.24 bits per heavy atom. The van der Waals surface area contributed by atoms with Gasteiger partial charge in [-0.2, -0.15) is 0 Å². The van der Waals surface area contributed by atoms with Crippen molar-refractivity contribution in [3.63, 3.8) is 0 Å². The first-order valence-corrected chi connectivity index (χ1v) is 20.4. The number of nitrogens with zero attached hydrogens (tertiary/aromatic N) is 3. The van der Waals surface area contributed by atoms with Gasteiger partial charge in [-0.05, 0) is 97.5 Å². The standard InChI is InChI=1S/C53H47N3O2/c1-5-28-55-46-26-15-13-22-38(46)48(50(55)42-32-34(3)30-40(52(42)57)36-18-9-7-10-19-36)44-24-17-25-45(54-44)49-39-23-14-16-27-47(39)56(29-6-2)51(49)43-33-35(4)31-41(53(43)58)37-20-11-8-12-21-37/h7-27,30-33,57-58H,5-6,28-29H2,1-4H3. The second-order valence-corrected chi connectivity index (χ2v) is 15.3. The summed E-state index contributed by atoms with van der Waals surface area (Å²) < 4.78 is 4.72. The van der Waals surface area contributed by atoms with Crippen molar-refractivity contribution in [2.24, 2.45) is 0 Å². The molecule has 0 aliphatic rings. The Morgan fingerprint density at radius 2 is 0.828 bits per heavy atom. The normalized spacial score (nSPS) is 11.5. The minimum atomic E-state index is 0.253. The van der Waals surface area contributed by atoms with Gasteiger partial charge in [-0.3, -0.25) is 0 Å². The summed E-state index contributed by atoms with van der Waals surface area (Å²) in [5.74, 6) is 0.506. The van der Waals surface area contributed by atoms with Gasteiger partial charge in [0.05, 0.1) is 22.8 Å². The van der Waals surface area contributed by atoms with Gasteiger partial charge in [0.1, 0.15) is 11.5 Å². The van der Waals surface area contributed by atoms with Gasteiger partial charge < -0.3 is 19.3 Å². The average molecular weight is 758 g/mol. The highest BCUT2D eigenvalue weighted by molar-refractivity contribution is 6.08. The molecule has 0 amide bonds. The minimum absolute atomic E-state index is 0.253. The molecule has 0 saturated heterocycles. The molecular formula is C53H47N3O2. The first kappa shape index (κ1) is 36.8. The highest BCUT2D eigenvalue weighted by Crippen LogP contribution is 2.49. The summed E-state index contributed by atoms with van der Waals surface area (Å²) >= 11 is 0. The molecule has 5 nitrogen and oxygen atoms in total. The second kappa shape index (κ2) is 15.2. The van der Waals surface area contributed by atoms with E-state index in [4.69, 9.17) is 4.98 Å². The molecule has 0 atom stereocenters. The third-order valence-electron chi connectivity index (χ3n) is 11.3. The quantitative estimate of drug-likeness (QED) is 0.146. The lowest BCUT2D eigenvalue weighted by Gasteiger charge is -2.18. The Balaban J connectivity index is 1.34. The smallest absolute Gasteiger partial charge is 0.132 e. The Morgan fingerprint density at radius 1 is 0.448 bits per heavy atom. The van der Waals surface area contributed by atoms with E-state index in [0.717, 1.165) is 126 Å². The van der Waals surface area contributed by atoms with Crippen LogP contribution in [0.2, 0.25) is 0 Å². The molecule has 9 rings (SSSR count). The van der Waals surface area contributed by atoms with Gasteiger partial charge in [0.15, 0.2) is 0 Å². The molecule has 0 saturated carbocycles. The molecule has 0 unspecified atom stereocenters. The van der Waals surface area contributed by atoms with Gasteiger partial charge in [-0.1, -0.05) is 117 Å². The van der Waals surface area contributed by atoms with E-state index in [0.29, 0.717) is 0 Å². The zero-order chi connectivity index (χ0) is 39.9. The lowest BCUT2D eigenvalue weighted by Crippen LogP contribution is -2.02. The zero-order valence-electron chi connectivity index (χ0n) is 33.5. The number of para-hydroxylation sites is 2. The van der Waals surface area contributed by atoms with Crippen molar-refractivity contribution in [3.8, 4) is 78.8 Å². The maximum Gasteiger partial charge on any atom is 0.132 e. The molecule has 6 aromatic carbocycles. The Hall–Kier alpha value is -6.85. The highest BCUT2D eigenvalue weighted by Gasteiger charge is 2.28. The number of aromatic hydroxyl groups is 2. The van der Waals surface area contributed by atoms with E-state index in [1.54, 1.807) is 0 Å². The molecule has 0 bridgehead atoms. The SMILES string of the molecule is CCCn1c(-c2cc(C)cc(-c3ccccc3)c2O)c(-c2cccc(-c3c(-c4cc(C)cc(-c5ccccc5)c4O)n(CCC)c4ccccc34)n2)c2ccccc21. The number of phenolic OH excluding ortho intramolecular Hbond substituents is 2. The van der Waals surface area contributed by atoms with E-state index >= 15 is 0 Å². The topological polar surface area (TPSA) is 63.2 Å². The highest BCUT2D eigenvalue weighted by atomic mass is 16.3. The summed E-state index contributed by atoms with van der Waals surface area (Å²) in [6, 6.07) is 51.9. The predicted octanol–water partition coefficient (Wildman–Crippen LogP) is 13.8. The van der Waals surface area contributed by atoms with Crippen LogP contribution in [0.3, 0.4) is 0 Å². The van der Waals surface area contributed by atoms with Gasteiger partial charge in [-0.25, -0.2) is 4.98 Å². The van der Waals surface area contributed by atoms with Crippen molar-refractivity contribution >= 4 is 21.8 Å². The van der Waals surface area contributed by atoms with Crippen molar-refractivity contribution < 1.29 is 10.2 Å². The number of fused-ring (bicyclic) bond motifs is 2. The van der Waals surface area contributed by atoms with Crippen LogP contribution in [0.25, 0.3) is 89.1 Å². The van der Waals surface area contributed by atoms with Crippen LogP contribution in [-0.4, -0.2) is 24.3 Å². The van der Waals surface area contributed by atoms with Crippen LogP contribution >= 0.6 is 0 Å². The molecule has 9 aromatic rings. The van der Waals surface area contributed by atoms with E-state index in [9.17, 15) is 10.2 Å². The molecule has 286 valence electrons. The number of pyridine rings is 1. The van der Waals surface area contributed by atoms with Crippen molar-refractivity contribution in [1.29, 1.82) is 0 Å². The first-order valence-electron chi connectivity index (χ1n) is 20.4. The Kier molecular flexibility index (Phi) is 9.66. The molecule has 0 fully saturated rings. The molecule has 58 heavy (non-hydrogen) atoms. The van der Waals surface area contributed by atoms with Crippen molar-refractivity contribution in [1.82, 2.24) is 14.1 Å². The minimum Gasteiger partial charge on any atom is -0.507 e. The number of benzene rings is 6. The van der Waals surface area contributed by atoms with Crippen LogP contribution in [0, 0.1) is 13.8 Å². The number of hydrogen-bond acceptors (Lipinski definition) is 3. The van der Waals surface area contributed by atoms with Gasteiger partial charge >= 0.3 is 0 Å². The summed E-state index contributed by atoms with van der Waals surface area (Å²) in [6.45, 7) is 10.1. The summed E-state index contributed by atoms with van der Waals surface area (Å²) in [5, 5.41) is 26.7. The lowest BCUT2D eigenvalue weighted by atomic mass is 9.93. The molecule has 3 aromatic heterocycles. The largest absolute Gasteiger partial charge is 0.507 e. The van der Waals surface area contributed by atoms with E-state index in [1.165, 1.54) is 0 Å². The van der Waals surface area contributed by atoms with Gasteiger partial charge in [0, 0.05) is 68.3 Å². The number of aromatic nitrogens is 3. The fourth-order valence-electron chi connectivity index (χ4n) is 8.90. The number of phenols is 2. The third-order valence-corrected chi connectivity index (χ3v) is 11.3. The van der Waals surface area contributed by atoms with Crippen LogP contribution < -0.4 is 0 Å². The van der Waals surface area contributed by atoms with Gasteiger partial charge in [-0.15, -0.1) is 0 Å². The summed E-state index contributed by atoms with van der Waals surface area (Å²) in [5.41, 5.74) is 14.9. The molecule has 0 aliphatic heterocycles. The summed E-state index contributed by atoms with van der Waals surface area (Å²) in [4.78, 5) is 5.61. The number of rotatable bonds is 10. The van der Waals surface area contributed by atoms with Crippen molar-refractivity contribution in [2.75, 3.05) is 0 Å². The van der Waals surface area contributed by atoms with Crippen molar-refractivity contribution in [2.45, 2.75) is 53.6 Å². The maximum absolute atomic E-state index is 12.3. The molecule has 2 N–H and O–H groups in total.